The van der Waals surface area contributed by atoms with Crippen molar-refractivity contribution >= 4 is 5.97 Å². The number of esters is 1. The second-order valence-electron chi connectivity index (χ2n) is 6.41. The number of carbonyl (C=O) groups is 1. The molecular weight excluding hydrogens is 332 g/mol. The van der Waals surface area contributed by atoms with E-state index in [1.54, 1.807) is 21.0 Å². The van der Waals surface area contributed by atoms with Crippen molar-refractivity contribution in [3.8, 4) is 0 Å². The summed E-state index contributed by atoms with van der Waals surface area (Å²) in [5, 5.41) is 0. The Balaban J connectivity index is 2.85. The summed E-state index contributed by atoms with van der Waals surface area (Å²) >= 11 is 0. The van der Waals surface area contributed by atoms with Gasteiger partial charge in [-0.1, -0.05) is 6.92 Å². The molecular formula is C17H32O8. The van der Waals surface area contributed by atoms with Crippen LogP contribution < -0.4 is 0 Å². The number of methoxy groups -OCH3 is 2. The molecule has 1 rings (SSSR count). The van der Waals surface area contributed by atoms with Gasteiger partial charge < -0.3 is 33.2 Å². The Morgan fingerprint density at radius 1 is 1.20 bits per heavy atom. The topological polar surface area (TPSA) is 81.7 Å². The number of hydrogen-bond acceptors (Lipinski definition) is 8. The fourth-order valence-corrected chi connectivity index (χ4v) is 2.66. The highest BCUT2D eigenvalue weighted by Gasteiger charge is 2.42. The van der Waals surface area contributed by atoms with Gasteiger partial charge in [-0.25, -0.2) is 0 Å². The first-order valence-corrected chi connectivity index (χ1v) is 8.54. The van der Waals surface area contributed by atoms with Crippen LogP contribution in [0.15, 0.2) is 0 Å². The van der Waals surface area contributed by atoms with E-state index in [1.165, 1.54) is 7.11 Å². The van der Waals surface area contributed by atoms with E-state index < -0.39 is 18.0 Å². The first-order chi connectivity index (χ1) is 11.8. The van der Waals surface area contributed by atoms with Crippen LogP contribution in [0.2, 0.25) is 0 Å². The largest absolute Gasteiger partial charge is 0.466 e. The van der Waals surface area contributed by atoms with Crippen molar-refractivity contribution < 1.29 is 38.0 Å². The number of carbonyl (C=O) groups excluding carboxylic acids is 1. The Bertz CT molecular complexity index is 387. The Morgan fingerprint density at radius 3 is 2.36 bits per heavy atom. The van der Waals surface area contributed by atoms with E-state index >= 15 is 0 Å². The van der Waals surface area contributed by atoms with Crippen LogP contribution in [-0.4, -0.2) is 71.1 Å². The maximum absolute atomic E-state index is 12.0. The first kappa shape index (κ1) is 22.3. The van der Waals surface area contributed by atoms with Gasteiger partial charge in [0.25, 0.3) is 0 Å². The van der Waals surface area contributed by atoms with Gasteiger partial charge in [-0.3, -0.25) is 4.79 Å². The van der Waals surface area contributed by atoms with Crippen molar-refractivity contribution in [2.45, 2.75) is 58.2 Å². The van der Waals surface area contributed by atoms with Crippen LogP contribution in [0.1, 0.15) is 34.1 Å². The number of hydrogen-bond donors (Lipinski definition) is 0. The molecule has 1 aliphatic rings. The number of ether oxygens (including phenoxy) is 7. The zero-order valence-electron chi connectivity index (χ0n) is 16.1. The Kier molecular flexibility index (Phi) is 9.84. The molecule has 0 saturated carbocycles. The van der Waals surface area contributed by atoms with Gasteiger partial charge >= 0.3 is 5.97 Å². The van der Waals surface area contributed by atoms with Crippen molar-refractivity contribution in [2.24, 2.45) is 5.92 Å². The third-order valence-electron chi connectivity index (χ3n) is 3.82. The molecule has 0 radical (unpaired) electrons. The Morgan fingerprint density at radius 2 is 1.84 bits per heavy atom. The maximum atomic E-state index is 12.0. The van der Waals surface area contributed by atoms with Crippen molar-refractivity contribution in [3.05, 3.63) is 0 Å². The van der Waals surface area contributed by atoms with Crippen LogP contribution in [0.3, 0.4) is 0 Å². The Hall–Kier alpha value is -0.770. The van der Waals surface area contributed by atoms with E-state index in [4.69, 9.17) is 33.2 Å². The van der Waals surface area contributed by atoms with Crippen molar-refractivity contribution in [1.29, 1.82) is 0 Å². The summed E-state index contributed by atoms with van der Waals surface area (Å²) in [5.41, 5.74) is 0. The average Bonchev–Trinajstić information content (AvgIpc) is 2.92. The summed E-state index contributed by atoms with van der Waals surface area (Å²) in [5.74, 6) is -1.33. The minimum absolute atomic E-state index is 0.0734. The van der Waals surface area contributed by atoms with Crippen molar-refractivity contribution in [2.75, 3.05) is 41.0 Å². The van der Waals surface area contributed by atoms with E-state index in [2.05, 4.69) is 0 Å². The van der Waals surface area contributed by atoms with Crippen LogP contribution in [0.25, 0.3) is 0 Å². The summed E-state index contributed by atoms with van der Waals surface area (Å²) in [7, 11) is 3.08. The summed E-state index contributed by atoms with van der Waals surface area (Å²) < 4.78 is 38.3. The van der Waals surface area contributed by atoms with Gasteiger partial charge in [0.05, 0.1) is 25.2 Å². The van der Waals surface area contributed by atoms with Gasteiger partial charge in [0.2, 0.25) is 0 Å². The molecule has 8 nitrogen and oxygen atoms in total. The predicted octanol–water partition coefficient (Wildman–Crippen LogP) is 1.71. The molecule has 148 valence electrons. The standard InChI is InChI=1S/C17H32O8/c1-7-21-16(18)12(2)8-13(22-10-19-5)15(23-11-20-6)14-9-24-17(3,4)25-14/h12-15H,7-11H2,1-6H3/t12?,13-,14+,15-/m0/s1. The van der Waals surface area contributed by atoms with Crippen LogP contribution in [0, 0.1) is 5.92 Å². The fourth-order valence-electron chi connectivity index (χ4n) is 2.66. The predicted molar refractivity (Wildman–Crippen MR) is 88.8 cm³/mol. The maximum Gasteiger partial charge on any atom is 0.308 e. The molecule has 1 heterocycles. The smallest absolute Gasteiger partial charge is 0.308 e. The lowest BCUT2D eigenvalue weighted by Gasteiger charge is -2.32. The molecule has 0 amide bonds. The van der Waals surface area contributed by atoms with Crippen LogP contribution in [-0.2, 0) is 38.0 Å². The molecule has 1 fully saturated rings. The highest BCUT2D eigenvalue weighted by Crippen LogP contribution is 2.29. The molecule has 0 aromatic carbocycles. The molecule has 0 aromatic rings. The van der Waals surface area contributed by atoms with E-state index in [0.29, 0.717) is 19.6 Å². The highest BCUT2D eigenvalue weighted by atomic mass is 16.8. The monoisotopic (exact) mass is 364 g/mol. The van der Waals surface area contributed by atoms with E-state index in [9.17, 15) is 4.79 Å². The lowest BCUT2D eigenvalue weighted by atomic mass is 9.97. The molecule has 0 N–H and O–H groups in total. The molecule has 4 atom stereocenters. The van der Waals surface area contributed by atoms with Gasteiger partial charge in [-0.05, 0) is 27.2 Å². The van der Waals surface area contributed by atoms with E-state index in [0.717, 1.165) is 0 Å². The minimum atomic E-state index is -0.697. The average molecular weight is 364 g/mol. The van der Waals surface area contributed by atoms with E-state index in [-0.39, 0.29) is 31.6 Å². The summed E-state index contributed by atoms with van der Waals surface area (Å²) in [6, 6.07) is 0. The highest BCUT2D eigenvalue weighted by molar-refractivity contribution is 5.71. The normalized spacial score (nSPS) is 23.2. The second-order valence-corrected chi connectivity index (χ2v) is 6.41. The quantitative estimate of drug-likeness (QED) is 0.382. The molecule has 1 saturated heterocycles. The second kappa shape index (κ2) is 11.1. The molecule has 1 aliphatic heterocycles. The van der Waals surface area contributed by atoms with Gasteiger partial charge in [0.1, 0.15) is 25.8 Å². The van der Waals surface area contributed by atoms with Crippen molar-refractivity contribution in [3.63, 3.8) is 0 Å². The molecule has 0 aliphatic carbocycles. The SMILES string of the molecule is CCOC(=O)C(C)C[C@H](OCOC)[C@H](OCOC)[C@H]1COC(C)(C)O1. The summed E-state index contributed by atoms with van der Waals surface area (Å²) in [6.07, 6.45) is -0.871. The van der Waals surface area contributed by atoms with Crippen LogP contribution in [0.4, 0.5) is 0 Å². The molecule has 0 bridgehead atoms. The molecule has 0 aromatic heterocycles. The summed E-state index contributed by atoms with van der Waals surface area (Å²) in [4.78, 5) is 12.0. The summed E-state index contributed by atoms with van der Waals surface area (Å²) in [6.45, 7) is 8.10. The molecule has 25 heavy (non-hydrogen) atoms. The fraction of sp³-hybridized carbons (Fsp3) is 0.941. The lowest BCUT2D eigenvalue weighted by molar-refractivity contribution is -0.209. The van der Waals surface area contributed by atoms with Gasteiger partial charge in [-0.15, -0.1) is 0 Å². The molecule has 0 spiro atoms. The third-order valence-corrected chi connectivity index (χ3v) is 3.82. The number of rotatable bonds is 12. The minimum Gasteiger partial charge on any atom is -0.466 e. The van der Waals surface area contributed by atoms with E-state index in [1.807, 2.05) is 13.8 Å². The molecule has 8 heteroatoms. The zero-order valence-corrected chi connectivity index (χ0v) is 16.1. The third kappa shape index (κ3) is 7.55. The Labute approximate surface area is 150 Å². The first-order valence-electron chi connectivity index (χ1n) is 8.54. The van der Waals surface area contributed by atoms with Crippen LogP contribution >= 0.6 is 0 Å². The zero-order chi connectivity index (χ0) is 18.9. The van der Waals surface area contributed by atoms with Crippen molar-refractivity contribution in [1.82, 2.24) is 0 Å². The lowest BCUT2D eigenvalue weighted by Crippen LogP contribution is -2.45. The molecule has 1 unspecified atom stereocenters. The van der Waals surface area contributed by atoms with Gasteiger partial charge in [-0.2, -0.15) is 0 Å². The van der Waals surface area contributed by atoms with Crippen LogP contribution in [0.5, 0.6) is 0 Å². The van der Waals surface area contributed by atoms with Gasteiger partial charge in [0, 0.05) is 14.2 Å². The van der Waals surface area contributed by atoms with Gasteiger partial charge in [0.15, 0.2) is 5.79 Å².